The fourth-order valence-electron chi connectivity index (χ4n) is 4.74. The standard InChI is InChI=1S/C26H28N4O2/c31-24(27-18-20-11-5-2-6-12-20)17-23-25(32)29(16-15-19-9-3-1-4-10-19)26-28-21-13-7-8-14-22(21)30(23)26/h2,5-9,11-14,23H,1,3-4,10,15-18H2,(H,27,31). The quantitative estimate of drug-likeness (QED) is 0.563. The minimum atomic E-state index is -0.562. The molecule has 1 aliphatic heterocycles. The highest BCUT2D eigenvalue weighted by atomic mass is 16.2. The van der Waals surface area contributed by atoms with Crippen LogP contribution in [0.25, 0.3) is 11.0 Å². The Kier molecular flexibility index (Phi) is 5.75. The highest BCUT2D eigenvalue weighted by molar-refractivity contribution is 6.03. The lowest BCUT2D eigenvalue weighted by Gasteiger charge is -2.18. The summed E-state index contributed by atoms with van der Waals surface area (Å²) in [6.07, 6.45) is 8.02. The molecule has 164 valence electrons. The van der Waals surface area contributed by atoms with Crippen LogP contribution in [0.4, 0.5) is 5.95 Å². The van der Waals surface area contributed by atoms with Gasteiger partial charge in [0.2, 0.25) is 11.9 Å². The average Bonchev–Trinajstić information content (AvgIpc) is 3.32. The van der Waals surface area contributed by atoms with Crippen LogP contribution in [0.2, 0.25) is 0 Å². The number of nitrogens with one attached hydrogen (secondary N) is 1. The van der Waals surface area contributed by atoms with Gasteiger partial charge in [0.15, 0.2) is 0 Å². The van der Waals surface area contributed by atoms with Gasteiger partial charge in [0.05, 0.1) is 17.5 Å². The summed E-state index contributed by atoms with van der Waals surface area (Å²) in [5, 5.41) is 2.96. The molecule has 0 radical (unpaired) electrons. The molecule has 32 heavy (non-hydrogen) atoms. The molecule has 3 aromatic rings. The smallest absolute Gasteiger partial charge is 0.253 e. The molecule has 1 atom stereocenters. The number of hydrogen-bond acceptors (Lipinski definition) is 3. The Labute approximate surface area is 187 Å². The molecule has 0 spiro atoms. The molecule has 2 heterocycles. The molecule has 0 saturated carbocycles. The largest absolute Gasteiger partial charge is 0.352 e. The molecule has 0 fully saturated rings. The summed E-state index contributed by atoms with van der Waals surface area (Å²) in [6.45, 7) is 1.06. The van der Waals surface area contributed by atoms with Crippen molar-refractivity contribution in [3.63, 3.8) is 0 Å². The van der Waals surface area contributed by atoms with E-state index in [9.17, 15) is 9.59 Å². The highest BCUT2D eigenvalue weighted by Crippen LogP contribution is 2.37. The zero-order valence-electron chi connectivity index (χ0n) is 18.2. The number of carbonyl (C=O) groups excluding carboxylic acids is 2. The SMILES string of the molecule is O=C(CC1C(=O)N(CCC2=CCCCC2)c2nc3ccccc3n21)NCc1ccccc1. The maximum Gasteiger partial charge on any atom is 0.253 e. The molecule has 6 nitrogen and oxygen atoms in total. The normalized spacial score (nSPS) is 18.0. The molecule has 1 N–H and O–H groups in total. The first kappa shape index (κ1) is 20.5. The molecule has 2 aliphatic rings. The molecule has 1 aliphatic carbocycles. The number of carbonyl (C=O) groups is 2. The van der Waals surface area contributed by atoms with Gasteiger partial charge in [-0.15, -0.1) is 0 Å². The molecule has 2 amide bonds. The van der Waals surface area contributed by atoms with Crippen LogP contribution in [-0.2, 0) is 16.1 Å². The number of fused-ring (bicyclic) bond motifs is 3. The summed E-state index contributed by atoms with van der Waals surface area (Å²) < 4.78 is 1.95. The van der Waals surface area contributed by atoms with Crippen molar-refractivity contribution in [3.05, 3.63) is 71.8 Å². The zero-order chi connectivity index (χ0) is 21.9. The van der Waals surface area contributed by atoms with Crippen molar-refractivity contribution in [2.24, 2.45) is 0 Å². The van der Waals surface area contributed by atoms with E-state index in [1.165, 1.54) is 18.4 Å². The van der Waals surface area contributed by atoms with E-state index in [-0.39, 0.29) is 18.2 Å². The van der Waals surface area contributed by atoms with E-state index in [2.05, 4.69) is 11.4 Å². The minimum absolute atomic E-state index is 0.0375. The Hall–Kier alpha value is -3.41. The van der Waals surface area contributed by atoms with E-state index in [0.717, 1.165) is 35.9 Å². The second-order valence-corrected chi connectivity index (χ2v) is 8.60. The van der Waals surface area contributed by atoms with Gasteiger partial charge in [0, 0.05) is 13.1 Å². The molecule has 1 aromatic heterocycles. The van der Waals surface area contributed by atoms with Crippen LogP contribution in [-0.4, -0.2) is 27.9 Å². The third-order valence-electron chi connectivity index (χ3n) is 6.43. The molecule has 0 bridgehead atoms. The number of hydrogen-bond donors (Lipinski definition) is 1. The van der Waals surface area contributed by atoms with Gasteiger partial charge < -0.3 is 5.32 Å². The lowest BCUT2D eigenvalue weighted by molar-refractivity contribution is -0.127. The molecule has 1 unspecified atom stereocenters. The topological polar surface area (TPSA) is 67.2 Å². The molecular weight excluding hydrogens is 400 g/mol. The number of imidazole rings is 1. The van der Waals surface area contributed by atoms with E-state index in [1.807, 2.05) is 59.2 Å². The predicted molar refractivity (Wildman–Crippen MR) is 125 cm³/mol. The van der Waals surface area contributed by atoms with Crippen molar-refractivity contribution >= 4 is 28.8 Å². The van der Waals surface area contributed by atoms with Gasteiger partial charge in [-0.25, -0.2) is 4.98 Å². The number of rotatable bonds is 7. The third-order valence-corrected chi connectivity index (χ3v) is 6.43. The molecular formula is C26H28N4O2. The van der Waals surface area contributed by atoms with Gasteiger partial charge in [-0.3, -0.25) is 19.1 Å². The number of nitrogens with zero attached hydrogens (tertiary/aromatic N) is 3. The van der Waals surface area contributed by atoms with Crippen LogP contribution < -0.4 is 10.2 Å². The van der Waals surface area contributed by atoms with E-state index >= 15 is 0 Å². The first-order valence-electron chi connectivity index (χ1n) is 11.5. The molecule has 2 aromatic carbocycles. The highest BCUT2D eigenvalue weighted by Gasteiger charge is 2.40. The first-order chi connectivity index (χ1) is 15.7. The molecule has 0 saturated heterocycles. The summed E-state index contributed by atoms with van der Waals surface area (Å²) in [5.41, 5.74) is 4.22. The second-order valence-electron chi connectivity index (χ2n) is 8.60. The second kappa shape index (κ2) is 8.99. The Bertz CT molecular complexity index is 1170. The number of allylic oxidation sites excluding steroid dienone is 1. The van der Waals surface area contributed by atoms with Crippen LogP contribution in [0.1, 0.15) is 50.1 Å². The maximum absolute atomic E-state index is 13.4. The van der Waals surface area contributed by atoms with E-state index in [4.69, 9.17) is 4.98 Å². The van der Waals surface area contributed by atoms with Crippen LogP contribution >= 0.6 is 0 Å². The van der Waals surface area contributed by atoms with Crippen molar-refractivity contribution in [2.45, 2.75) is 51.1 Å². The summed E-state index contributed by atoms with van der Waals surface area (Å²) in [5.74, 6) is 0.491. The fraction of sp³-hybridized carbons (Fsp3) is 0.346. The number of benzene rings is 2. The van der Waals surface area contributed by atoms with Crippen molar-refractivity contribution in [2.75, 3.05) is 11.4 Å². The van der Waals surface area contributed by atoms with E-state index in [0.29, 0.717) is 19.0 Å². The Morgan fingerprint density at radius 2 is 1.88 bits per heavy atom. The first-order valence-corrected chi connectivity index (χ1v) is 11.5. The number of amides is 2. The van der Waals surface area contributed by atoms with Gasteiger partial charge in [0.25, 0.3) is 5.91 Å². The minimum Gasteiger partial charge on any atom is -0.352 e. The molecule has 5 rings (SSSR count). The van der Waals surface area contributed by atoms with Crippen molar-refractivity contribution in [1.29, 1.82) is 0 Å². The number of para-hydroxylation sites is 2. The van der Waals surface area contributed by atoms with Crippen LogP contribution in [0.15, 0.2) is 66.2 Å². The van der Waals surface area contributed by atoms with E-state index < -0.39 is 6.04 Å². The van der Waals surface area contributed by atoms with Crippen molar-refractivity contribution < 1.29 is 9.59 Å². The summed E-state index contributed by atoms with van der Waals surface area (Å²) >= 11 is 0. The summed E-state index contributed by atoms with van der Waals surface area (Å²) in [7, 11) is 0. The Balaban J connectivity index is 1.36. The Morgan fingerprint density at radius 3 is 2.69 bits per heavy atom. The van der Waals surface area contributed by atoms with Crippen LogP contribution in [0.5, 0.6) is 0 Å². The maximum atomic E-state index is 13.4. The monoisotopic (exact) mass is 428 g/mol. The lowest BCUT2D eigenvalue weighted by atomic mass is 9.97. The van der Waals surface area contributed by atoms with Gasteiger partial charge >= 0.3 is 0 Å². The Morgan fingerprint density at radius 1 is 1.06 bits per heavy atom. The average molecular weight is 429 g/mol. The van der Waals surface area contributed by atoms with Gasteiger partial charge in [-0.1, -0.05) is 54.1 Å². The lowest BCUT2D eigenvalue weighted by Crippen LogP contribution is -2.33. The van der Waals surface area contributed by atoms with Gasteiger partial charge in [-0.2, -0.15) is 0 Å². The summed E-state index contributed by atoms with van der Waals surface area (Å²) in [6, 6.07) is 17.1. The molecule has 6 heteroatoms. The zero-order valence-corrected chi connectivity index (χ0v) is 18.2. The predicted octanol–water partition coefficient (Wildman–Crippen LogP) is 4.52. The number of anilines is 1. The number of aromatic nitrogens is 2. The van der Waals surface area contributed by atoms with Gasteiger partial charge in [-0.05, 0) is 49.8 Å². The third kappa shape index (κ3) is 4.05. The van der Waals surface area contributed by atoms with Crippen LogP contribution in [0.3, 0.4) is 0 Å². The van der Waals surface area contributed by atoms with Crippen LogP contribution in [0, 0.1) is 0 Å². The van der Waals surface area contributed by atoms with Crippen molar-refractivity contribution in [3.8, 4) is 0 Å². The summed E-state index contributed by atoms with van der Waals surface area (Å²) in [4.78, 5) is 32.7. The fourth-order valence-corrected chi connectivity index (χ4v) is 4.74. The van der Waals surface area contributed by atoms with E-state index in [1.54, 1.807) is 4.90 Å². The van der Waals surface area contributed by atoms with Crippen molar-refractivity contribution in [1.82, 2.24) is 14.9 Å². The van der Waals surface area contributed by atoms with Gasteiger partial charge in [0.1, 0.15) is 6.04 Å².